The van der Waals surface area contributed by atoms with Crippen molar-refractivity contribution in [3.63, 3.8) is 0 Å². The summed E-state index contributed by atoms with van der Waals surface area (Å²) in [6.45, 7) is 5.13. The molecule has 2 atom stereocenters. The van der Waals surface area contributed by atoms with E-state index < -0.39 is 17.3 Å². The maximum absolute atomic E-state index is 14.2. The number of hydrogen-bond acceptors (Lipinski definition) is 6. The maximum atomic E-state index is 14.2. The molecule has 7 heteroatoms. The highest BCUT2D eigenvalue weighted by molar-refractivity contribution is 7.99. The molecule has 0 unspecified atom stereocenters. The molecule has 0 spiro atoms. The van der Waals surface area contributed by atoms with Crippen molar-refractivity contribution in [1.29, 1.82) is 0 Å². The van der Waals surface area contributed by atoms with Gasteiger partial charge in [-0.15, -0.1) is 11.8 Å². The monoisotopic (exact) mass is 504 g/mol. The second-order valence-electron chi connectivity index (χ2n) is 9.27. The lowest BCUT2D eigenvalue weighted by Gasteiger charge is -2.29. The minimum absolute atomic E-state index is 0.227. The standard InChI is InChI=1S/C29H32N2O4S/c1-19-6-9-22(10-7-19)29(33)35-26-27(21-11-13-23(34-5)14-12-21)36-25-15-8-20(2)18-24(25)31(28(26)32)17-16-30(3)4/h6-15,18,26-27H,16-17H2,1-5H3/t26-,27+/m0/s1. The molecule has 0 saturated carbocycles. The SMILES string of the molecule is COc1ccc([C@H]2Sc3ccc(C)cc3N(CCN(C)C)C(=O)[C@H]2OC(=O)c2ccc(C)cc2)cc1. The van der Waals surface area contributed by atoms with Gasteiger partial charge in [0.25, 0.3) is 5.91 Å². The molecular weight excluding hydrogens is 472 g/mol. The van der Waals surface area contributed by atoms with E-state index in [1.54, 1.807) is 35.9 Å². The van der Waals surface area contributed by atoms with E-state index in [2.05, 4.69) is 0 Å². The van der Waals surface area contributed by atoms with Gasteiger partial charge in [-0.05, 0) is 75.5 Å². The summed E-state index contributed by atoms with van der Waals surface area (Å²) in [5.74, 6) is -0.0160. The molecule has 36 heavy (non-hydrogen) atoms. The molecule has 1 amide bonds. The van der Waals surface area contributed by atoms with Gasteiger partial charge in [0.2, 0.25) is 0 Å². The van der Waals surface area contributed by atoms with Crippen LogP contribution >= 0.6 is 11.8 Å². The van der Waals surface area contributed by atoms with Crippen LogP contribution in [0, 0.1) is 13.8 Å². The van der Waals surface area contributed by atoms with Crippen molar-refractivity contribution >= 4 is 29.3 Å². The third kappa shape index (κ3) is 5.74. The van der Waals surface area contributed by atoms with E-state index in [1.165, 1.54) is 0 Å². The second-order valence-corrected chi connectivity index (χ2v) is 10.5. The Morgan fingerprint density at radius 3 is 2.28 bits per heavy atom. The van der Waals surface area contributed by atoms with Crippen LogP contribution in [0.5, 0.6) is 5.75 Å². The van der Waals surface area contributed by atoms with Crippen molar-refractivity contribution < 1.29 is 19.1 Å². The number of thioether (sulfide) groups is 1. The predicted molar refractivity (Wildman–Crippen MR) is 144 cm³/mol. The predicted octanol–water partition coefficient (Wildman–Crippen LogP) is 5.28. The van der Waals surface area contributed by atoms with Gasteiger partial charge >= 0.3 is 5.97 Å². The van der Waals surface area contributed by atoms with E-state index in [0.717, 1.165) is 33.0 Å². The number of nitrogens with zero attached hydrogens (tertiary/aromatic N) is 2. The van der Waals surface area contributed by atoms with Gasteiger partial charge in [0.15, 0.2) is 6.10 Å². The van der Waals surface area contributed by atoms with Gasteiger partial charge < -0.3 is 19.3 Å². The van der Waals surface area contributed by atoms with E-state index in [1.807, 2.05) is 87.4 Å². The summed E-state index contributed by atoms with van der Waals surface area (Å²) >= 11 is 1.55. The summed E-state index contributed by atoms with van der Waals surface area (Å²) in [7, 11) is 5.57. The Morgan fingerprint density at radius 1 is 0.972 bits per heavy atom. The number of amides is 1. The van der Waals surface area contributed by atoms with Crippen LogP contribution in [0.4, 0.5) is 5.69 Å². The molecule has 0 saturated heterocycles. The molecule has 6 nitrogen and oxygen atoms in total. The zero-order valence-corrected chi connectivity index (χ0v) is 22.2. The summed E-state index contributed by atoms with van der Waals surface area (Å²) in [5.41, 5.74) is 4.26. The van der Waals surface area contributed by atoms with Crippen molar-refractivity contribution in [2.24, 2.45) is 0 Å². The Kier molecular flexibility index (Phi) is 8.01. The topological polar surface area (TPSA) is 59.1 Å². The fraction of sp³-hybridized carbons (Fsp3) is 0.310. The summed E-state index contributed by atoms with van der Waals surface area (Å²) in [6, 6.07) is 20.9. The first-order valence-electron chi connectivity index (χ1n) is 11.9. The molecule has 3 aromatic rings. The maximum Gasteiger partial charge on any atom is 0.338 e. The zero-order valence-electron chi connectivity index (χ0n) is 21.4. The number of likely N-dealkylation sites (N-methyl/N-ethyl adjacent to an activating group) is 1. The van der Waals surface area contributed by atoms with Crippen molar-refractivity contribution in [3.8, 4) is 5.75 Å². The second kappa shape index (κ2) is 11.2. The highest BCUT2D eigenvalue weighted by Crippen LogP contribution is 2.47. The van der Waals surface area contributed by atoms with Crippen LogP contribution in [-0.2, 0) is 9.53 Å². The van der Waals surface area contributed by atoms with E-state index >= 15 is 0 Å². The molecule has 0 fully saturated rings. The molecule has 1 aliphatic rings. The first-order chi connectivity index (χ1) is 17.3. The average Bonchev–Trinajstić information content (AvgIpc) is 2.97. The first kappa shape index (κ1) is 25.8. The highest BCUT2D eigenvalue weighted by atomic mass is 32.2. The van der Waals surface area contributed by atoms with E-state index in [9.17, 15) is 9.59 Å². The third-order valence-corrected chi connectivity index (χ3v) is 7.55. The minimum atomic E-state index is -1.01. The number of benzene rings is 3. The lowest BCUT2D eigenvalue weighted by atomic mass is 10.0. The number of anilines is 1. The van der Waals surface area contributed by atoms with E-state index in [0.29, 0.717) is 18.7 Å². The highest BCUT2D eigenvalue weighted by Gasteiger charge is 2.41. The number of fused-ring (bicyclic) bond motifs is 1. The summed E-state index contributed by atoms with van der Waals surface area (Å²) in [5, 5.41) is -0.427. The van der Waals surface area contributed by atoms with Gasteiger partial charge in [-0.3, -0.25) is 4.79 Å². The van der Waals surface area contributed by atoms with Crippen molar-refractivity contribution in [1.82, 2.24) is 4.90 Å². The number of carbonyl (C=O) groups excluding carboxylic acids is 2. The largest absolute Gasteiger partial charge is 0.497 e. The van der Waals surface area contributed by atoms with Crippen LogP contribution in [0.1, 0.15) is 32.3 Å². The smallest absolute Gasteiger partial charge is 0.338 e. The molecule has 0 N–H and O–H groups in total. The van der Waals surface area contributed by atoms with E-state index in [-0.39, 0.29) is 5.91 Å². The average molecular weight is 505 g/mol. The molecule has 0 radical (unpaired) electrons. The van der Waals surface area contributed by atoms with Crippen LogP contribution in [0.2, 0.25) is 0 Å². The Morgan fingerprint density at radius 2 is 1.64 bits per heavy atom. The Hall–Kier alpha value is -3.29. The summed E-state index contributed by atoms with van der Waals surface area (Å²) in [6.07, 6.45) is -1.01. The van der Waals surface area contributed by atoms with Crippen LogP contribution < -0.4 is 9.64 Å². The third-order valence-electron chi connectivity index (χ3n) is 6.18. The lowest BCUT2D eigenvalue weighted by Crippen LogP contribution is -2.45. The van der Waals surface area contributed by atoms with Gasteiger partial charge in [-0.25, -0.2) is 4.79 Å². The fourth-order valence-electron chi connectivity index (χ4n) is 4.09. The number of hydrogen-bond donors (Lipinski definition) is 0. The van der Waals surface area contributed by atoms with Crippen LogP contribution in [-0.4, -0.2) is 57.2 Å². The zero-order chi connectivity index (χ0) is 25.8. The van der Waals surface area contributed by atoms with E-state index in [4.69, 9.17) is 9.47 Å². The number of ether oxygens (including phenoxy) is 2. The number of esters is 1. The van der Waals surface area contributed by atoms with Gasteiger partial charge in [0.05, 0.1) is 23.6 Å². The number of aryl methyl sites for hydroxylation is 2. The Balaban J connectivity index is 1.78. The Labute approximate surface area is 217 Å². The molecule has 3 aromatic carbocycles. The van der Waals surface area contributed by atoms with Crippen LogP contribution in [0.3, 0.4) is 0 Å². The number of methoxy groups -OCH3 is 1. The molecule has 0 aromatic heterocycles. The van der Waals surface area contributed by atoms with Crippen molar-refractivity contribution in [3.05, 3.63) is 89.0 Å². The van der Waals surface area contributed by atoms with Gasteiger partial charge in [-0.1, -0.05) is 35.9 Å². The van der Waals surface area contributed by atoms with Crippen LogP contribution in [0.25, 0.3) is 0 Å². The van der Waals surface area contributed by atoms with Crippen molar-refractivity contribution in [2.45, 2.75) is 30.1 Å². The molecule has 1 heterocycles. The molecule has 0 aliphatic carbocycles. The first-order valence-corrected chi connectivity index (χ1v) is 12.8. The van der Waals surface area contributed by atoms with Crippen molar-refractivity contribution in [2.75, 3.05) is 39.2 Å². The fourth-order valence-corrected chi connectivity index (χ4v) is 5.39. The summed E-state index contributed by atoms with van der Waals surface area (Å²) < 4.78 is 11.4. The number of carbonyl (C=O) groups is 2. The molecule has 4 rings (SSSR count). The van der Waals surface area contributed by atoms with Gasteiger partial charge in [0, 0.05) is 18.0 Å². The molecular formula is C29H32N2O4S. The molecule has 0 bridgehead atoms. The Bertz CT molecular complexity index is 1230. The van der Waals surface area contributed by atoms with Gasteiger partial charge in [-0.2, -0.15) is 0 Å². The number of rotatable bonds is 7. The molecule has 1 aliphatic heterocycles. The normalized spacial score (nSPS) is 17.5. The minimum Gasteiger partial charge on any atom is -0.497 e. The molecule has 188 valence electrons. The summed E-state index contributed by atoms with van der Waals surface area (Å²) in [4.78, 5) is 32.2. The van der Waals surface area contributed by atoms with Crippen LogP contribution in [0.15, 0.2) is 71.6 Å². The lowest BCUT2D eigenvalue weighted by molar-refractivity contribution is -0.127. The quantitative estimate of drug-likeness (QED) is 0.408. The van der Waals surface area contributed by atoms with Gasteiger partial charge in [0.1, 0.15) is 5.75 Å².